The van der Waals surface area contributed by atoms with Crippen molar-refractivity contribution < 1.29 is 8.42 Å². The lowest BCUT2D eigenvalue weighted by atomic mass is 10.2. The van der Waals surface area contributed by atoms with Crippen LogP contribution in [0.2, 0.25) is 0 Å². The first kappa shape index (κ1) is 9.67. The standard InChI is InChI=1S/C8H13N3O2S/c12-14(13)4-1-7(6-14)11-5-8-9-2-3-10-8/h2-3,7,11H,1,4-6H2,(H,9,10). The van der Waals surface area contributed by atoms with Crippen LogP contribution < -0.4 is 5.32 Å². The number of H-pyrrole nitrogens is 1. The van der Waals surface area contributed by atoms with Gasteiger partial charge in [-0.05, 0) is 6.42 Å². The third-order valence-electron chi connectivity index (χ3n) is 2.35. The smallest absolute Gasteiger partial charge is 0.151 e. The lowest BCUT2D eigenvalue weighted by molar-refractivity contribution is 0.544. The summed E-state index contributed by atoms with van der Waals surface area (Å²) < 4.78 is 22.3. The molecule has 0 radical (unpaired) electrons. The minimum Gasteiger partial charge on any atom is -0.348 e. The molecule has 1 fully saturated rings. The van der Waals surface area contributed by atoms with Crippen molar-refractivity contribution in [1.29, 1.82) is 0 Å². The van der Waals surface area contributed by atoms with E-state index in [2.05, 4.69) is 15.3 Å². The van der Waals surface area contributed by atoms with Crippen LogP contribution in [0.5, 0.6) is 0 Å². The molecule has 1 atom stereocenters. The van der Waals surface area contributed by atoms with E-state index in [9.17, 15) is 8.42 Å². The summed E-state index contributed by atoms with van der Waals surface area (Å²) >= 11 is 0. The number of aromatic amines is 1. The van der Waals surface area contributed by atoms with Crippen molar-refractivity contribution in [2.24, 2.45) is 0 Å². The van der Waals surface area contributed by atoms with Crippen molar-refractivity contribution in [3.8, 4) is 0 Å². The highest BCUT2D eigenvalue weighted by atomic mass is 32.2. The van der Waals surface area contributed by atoms with Gasteiger partial charge in [0, 0.05) is 18.4 Å². The summed E-state index contributed by atoms with van der Waals surface area (Å²) in [5, 5.41) is 3.17. The number of hydrogen-bond donors (Lipinski definition) is 2. The van der Waals surface area contributed by atoms with E-state index in [1.807, 2.05) is 0 Å². The van der Waals surface area contributed by atoms with Gasteiger partial charge in [-0.25, -0.2) is 13.4 Å². The molecular weight excluding hydrogens is 202 g/mol. The van der Waals surface area contributed by atoms with Gasteiger partial charge in [-0.1, -0.05) is 0 Å². The van der Waals surface area contributed by atoms with Gasteiger partial charge >= 0.3 is 0 Å². The molecule has 1 aliphatic heterocycles. The summed E-state index contributed by atoms with van der Waals surface area (Å²) in [5.41, 5.74) is 0. The number of nitrogens with one attached hydrogen (secondary N) is 2. The second-order valence-corrected chi connectivity index (χ2v) is 5.75. The van der Waals surface area contributed by atoms with Crippen LogP contribution in [0.15, 0.2) is 12.4 Å². The molecule has 78 valence electrons. The minimum absolute atomic E-state index is 0.0881. The zero-order chi connectivity index (χ0) is 10.0. The summed E-state index contributed by atoms with van der Waals surface area (Å²) in [5.74, 6) is 1.41. The highest BCUT2D eigenvalue weighted by Crippen LogP contribution is 2.11. The average Bonchev–Trinajstić information content (AvgIpc) is 2.70. The van der Waals surface area contributed by atoms with E-state index in [0.717, 1.165) is 5.82 Å². The maximum absolute atomic E-state index is 11.1. The molecule has 1 aromatic rings. The van der Waals surface area contributed by atoms with E-state index >= 15 is 0 Å². The van der Waals surface area contributed by atoms with Gasteiger partial charge in [-0.15, -0.1) is 0 Å². The zero-order valence-electron chi connectivity index (χ0n) is 7.73. The number of aromatic nitrogens is 2. The van der Waals surface area contributed by atoms with E-state index in [0.29, 0.717) is 18.7 Å². The van der Waals surface area contributed by atoms with Gasteiger partial charge in [0.2, 0.25) is 0 Å². The zero-order valence-corrected chi connectivity index (χ0v) is 8.55. The quantitative estimate of drug-likeness (QED) is 0.725. The Morgan fingerprint density at radius 1 is 1.64 bits per heavy atom. The van der Waals surface area contributed by atoms with Crippen LogP contribution in [0.1, 0.15) is 12.2 Å². The molecule has 2 rings (SSSR count). The van der Waals surface area contributed by atoms with Crippen LogP contribution in [0, 0.1) is 0 Å². The normalized spacial score (nSPS) is 25.3. The minimum atomic E-state index is -2.78. The summed E-state index contributed by atoms with van der Waals surface area (Å²) in [6.07, 6.45) is 4.15. The fraction of sp³-hybridized carbons (Fsp3) is 0.625. The van der Waals surface area contributed by atoms with Gasteiger partial charge < -0.3 is 10.3 Å². The lowest BCUT2D eigenvalue weighted by Crippen LogP contribution is -2.29. The molecule has 0 amide bonds. The average molecular weight is 215 g/mol. The van der Waals surface area contributed by atoms with Crippen LogP contribution in [-0.2, 0) is 16.4 Å². The third kappa shape index (κ3) is 2.33. The molecule has 0 spiro atoms. The monoisotopic (exact) mass is 215 g/mol. The number of nitrogens with zero attached hydrogens (tertiary/aromatic N) is 1. The second-order valence-electron chi connectivity index (χ2n) is 3.52. The molecule has 6 heteroatoms. The Morgan fingerprint density at radius 2 is 2.50 bits per heavy atom. The molecule has 14 heavy (non-hydrogen) atoms. The Hall–Kier alpha value is -0.880. The molecule has 5 nitrogen and oxygen atoms in total. The largest absolute Gasteiger partial charge is 0.348 e. The fourth-order valence-electron chi connectivity index (χ4n) is 1.59. The van der Waals surface area contributed by atoms with Gasteiger partial charge in [0.05, 0.1) is 18.1 Å². The van der Waals surface area contributed by atoms with Crippen LogP contribution >= 0.6 is 0 Å². The maximum atomic E-state index is 11.1. The van der Waals surface area contributed by atoms with E-state index in [-0.39, 0.29) is 11.8 Å². The van der Waals surface area contributed by atoms with Crippen molar-refractivity contribution in [3.63, 3.8) is 0 Å². The SMILES string of the molecule is O=S1(=O)CCC(NCc2ncc[nH]2)C1. The second kappa shape index (κ2) is 3.70. The highest BCUT2D eigenvalue weighted by Gasteiger charge is 2.27. The predicted molar refractivity (Wildman–Crippen MR) is 52.5 cm³/mol. The number of imidazole rings is 1. The summed E-state index contributed by atoms with van der Waals surface area (Å²) in [4.78, 5) is 7.00. The van der Waals surface area contributed by atoms with E-state index in [1.54, 1.807) is 12.4 Å². The Labute approximate surface area is 82.9 Å². The maximum Gasteiger partial charge on any atom is 0.151 e. The third-order valence-corrected chi connectivity index (χ3v) is 4.11. The van der Waals surface area contributed by atoms with Gasteiger partial charge in [0.15, 0.2) is 9.84 Å². The van der Waals surface area contributed by atoms with Crippen LogP contribution in [-0.4, -0.2) is 35.9 Å². The van der Waals surface area contributed by atoms with Crippen LogP contribution in [0.25, 0.3) is 0 Å². The molecular formula is C8H13N3O2S. The first-order valence-corrected chi connectivity index (χ1v) is 6.40. The van der Waals surface area contributed by atoms with Gasteiger partial charge in [-0.2, -0.15) is 0 Å². The molecule has 1 unspecified atom stereocenters. The topological polar surface area (TPSA) is 74.8 Å². The summed E-state index contributed by atoms with van der Waals surface area (Å²) in [7, 11) is -2.78. The molecule has 2 heterocycles. The first-order valence-electron chi connectivity index (χ1n) is 4.58. The number of rotatable bonds is 3. The van der Waals surface area contributed by atoms with Crippen molar-refractivity contribution >= 4 is 9.84 Å². The Kier molecular flexibility index (Phi) is 2.56. The van der Waals surface area contributed by atoms with Crippen molar-refractivity contribution in [2.45, 2.75) is 19.0 Å². The Morgan fingerprint density at radius 3 is 3.07 bits per heavy atom. The van der Waals surface area contributed by atoms with E-state index in [4.69, 9.17) is 0 Å². The molecule has 0 aliphatic carbocycles. The summed E-state index contributed by atoms with van der Waals surface area (Å²) in [6.45, 7) is 0.604. The molecule has 0 aromatic carbocycles. The molecule has 1 aliphatic rings. The van der Waals surface area contributed by atoms with Crippen LogP contribution in [0.3, 0.4) is 0 Å². The lowest BCUT2D eigenvalue weighted by Gasteiger charge is -2.08. The fourth-order valence-corrected chi connectivity index (χ4v) is 3.30. The van der Waals surface area contributed by atoms with E-state index < -0.39 is 9.84 Å². The molecule has 0 saturated carbocycles. The van der Waals surface area contributed by atoms with Gasteiger partial charge in [0.1, 0.15) is 5.82 Å². The van der Waals surface area contributed by atoms with E-state index in [1.165, 1.54) is 0 Å². The highest BCUT2D eigenvalue weighted by molar-refractivity contribution is 7.91. The summed E-state index contributed by atoms with van der Waals surface area (Å²) in [6, 6.07) is 0.0881. The molecule has 1 saturated heterocycles. The van der Waals surface area contributed by atoms with Crippen LogP contribution in [0.4, 0.5) is 0 Å². The molecule has 1 aromatic heterocycles. The molecule has 2 N–H and O–H groups in total. The van der Waals surface area contributed by atoms with Gasteiger partial charge in [-0.3, -0.25) is 0 Å². The van der Waals surface area contributed by atoms with Gasteiger partial charge in [0.25, 0.3) is 0 Å². The van der Waals surface area contributed by atoms with Crippen molar-refractivity contribution in [3.05, 3.63) is 18.2 Å². The number of sulfone groups is 1. The molecule has 0 bridgehead atoms. The predicted octanol–water partition coefficient (Wildman–Crippen LogP) is -0.314. The first-order chi connectivity index (χ1) is 6.66. The number of hydrogen-bond acceptors (Lipinski definition) is 4. The van der Waals surface area contributed by atoms with Crippen molar-refractivity contribution in [1.82, 2.24) is 15.3 Å². The Bertz CT molecular complexity index is 385. The Balaban J connectivity index is 1.83. The van der Waals surface area contributed by atoms with Crippen molar-refractivity contribution in [2.75, 3.05) is 11.5 Å².